The van der Waals surface area contributed by atoms with Crippen LogP contribution in [0.1, 0.15) is 29.4 Å². The van der Waals surface area contributed by atoms with Crippen molar-refractivity contribution >= 4 is 11.6 Å². The summed E-state index contributed by atoms with van der Waals surface area (Å²) in [5.41, 5.74) is 1.93. The number of ether oxygens (including phenoxy) is 1. The zero-order valence-corrected chi connectivity index (χ0v) is 9.14. The molecule has 2 rings (SSSR count). The highest BCUT2D eigenvalue weighted by Gasteiger charge is 2.21. The maximum absolute atomic E-state index is 6.01. The molecule has 0 bridgehead atoms. The fourth-order valence-corrected chi connectivity index (χ4v) is 1.76. The molecule has 0 aromatic carbocycles. The second kappa shape index (κ2) is 3.83. The Bertz CT molecular complexity index is 325. The van der Waals surface area contributed by atoms with E-state index in [1.165, 1.54) is 0 Å². The highest BCUT2D eigenvalue weighted by atomic mass is 35.5. The van der Waals surface area contributed by atoms with Gasteiger partial charge in [0.25, 0.3) is 0 Å². The average molecular weight is 213 g/mol. The van der Waals surface area contributed by atoms with Crippen LogP contribution >= 0.6 is 11.6 Å². The molecule has 1 fully saturated rings. The van der Waals surface area contributed by atoms with E-state index >= 15 is 0 Å². The van der Waals surface area contributed by atoms with Gasteiger partial charge in [0, 0.05) is 23.8 Å². The first-order valence-corrected chi connectivity index (χ1v) is 5.14. The standard InChI is InChI=1S/C10H13ClN2O/c1-6-7(2)12-10(13-9(6)11)8-3-4-14-5-8/h8H,3-5H2,1-2H3. The summed E-state index contributed by atoms with van der Waals surface area (Å²) >= 11 is 6.01. The quantitative estimate of drug-likeness (QED) is 0.670. The molecule has 0 saturated carbocycles. The summed E-state index contributed by atoms with van der Waals surface area (Å²) in [7, 11) is 0. The molecule has 1 aliphatic heterocycles. The monoisotopic (exact) mass is 212 g/mol. The Morgan fingerprint density at radius 3 is 2.71 bits per heavy atom. The molecule has 1 aromatic rings. The van der Waals surface area contributed by atoms with E-state index in [2.05, 4.69) is 9.97 Å². The van der Waals surface area contributed by atoms with Crippen molar-refractivity contribution in [2.75, 3.05) is 13.2 Å². The molecule has 76 valence electrons. The van der Waals surface area contributed by atoms with Gasteiger partial charge in [-0.25, -0.2) is 9.97 Å². The van der Waals surface area contributed by atoms with Gasteiger partial charge in [-0.3, -0.25) is 0 Å². The van der Waals surface area contributed by atoms with Gasteiger partial charge in [-0.2, -0.15) is 0 Å². The Morgan fingerprint density at radius 2 is 2.14 bits per heavy atom. The van der Waals surface area contributed by atoms with E-state index in [-0.39, 0.29) is 0 Å². The lowest BCUT2D eigenvalue weighted by Gasteiger charge is -2.09. The maximum atomic E-state index is 6.01. The highest BCUT2D eigenvalue weighted by molar-refractivity contribution is 6.30. The van der Waals surface area contributed by atoms with Crippen molar-refractivity contribution in [3.05, 3.63) is 22.2 Å². The Hall–Kier alpha value is -0.670. The van der Waals surface area contributed by atoms with E-state index in [1.807, 2.05) is 13.8 Å². The molecule has 14 heavy (non-hydrogen) atoms. The minimum atomic E-state index is 0.326. The van der Waals surface area contributed by atoms with E-state index in [0.717, 1.165) is 36.7 Å². The van der Waals surface area contributed by atoms with Crippen LogP contribution in [0.25, 0.3) is 0 Å². The second-order valence-corrected chi connectivity index (χ2v) is 4.00. The SMILES string of the molecule is Cc1nc(C2CCOC2)nc(Cl)c1C. The zero-order valence-electron chi connectivity index (χ0n) is 8.38. The Balaban J connectivity index is 2.34. The van der Waals surface area contributed by atoms with Crippen LogP contribution in [0.2, 0.25) is 5.15 Å². The fourth-order valence-electron chi connectivity index (χ4n) is 1.54. The highest BCUT2D eigenvalue weighted by Crippen LogP contribution is 2.25. The smallest absolute Gasteiger partial charge is 0.135 e. The number of hydrogen-bond donors (Lipinski definition) is 0. The molecule has 1 aliphatic rings. The van der Waals surface area contributed by atoms with E-state index in [4.69, 9.17) is 16.3 Å². The van der Waals surface area contributed by atoms with Gasteiger partial charge in [-0.1, -0.05) is 11.6 Å². The summed E-state index contributed by atoms with van der Waals surface area (Å²) in [5.74, 6) is 1.16. The maximum Gasteiger partial charge on any atom is 0.135 e. The topological polar surface area (TPSA) is 35.0 Å². The van der Waals surface area contributed by atoms with Gasteiger partial charge >= 0.3 is 0 Å². The van der Waals surface area contributed by atoms with Crippen LogP contribution < -0.4 is 0 Å². The van der Waals surface area contributed by atoms with Crippen molar-refractivity contribution < 1.29 is 4.74 Å². The average Bonchev–Trinajstić information content (AvgIpc) is 2.66. The molecule has 1 saturated heterocycles. The molecule has 0 radical (unpaired) electrons. The van der Waals surface area contributed by atoms with Crippen LogP contribution in [0.4, 0.5) is 0 Å². The van der Waals surface area contributed by atoms with Gasteiger partial charge in [-0.05, 0) is 20.3 Å². The van der Waals surface area contributed by atoms with Crippen LogP contribution in [-0.4, -0.2) is 23.2 Å². The molecule has 0 spiro atoms. The number of rotatable bonds is 1. The molecule has 1 atom stereocenters. The van der Waals surface area contributed by atoms with Gasteiger partial charge in [0.05, 0.1) is 6.61 Å². The first-order valence-electron chi connectivity index (χ1n) is 4.77. The van der Waals surface area contributed by atoms with Gasteiger partial charge in [0.1, 0.15) is 11.0 Å². The predicted molar refractivity (Wildman–Crippen MR) is 54.7 cm³/mol. The molecule has 4 heteroatoms. The summed E-state index contributed by atoms with van der Waals surface area (Å²) in [6.07, 6.45) is 0.999. The normalized spacial score (nSPS) is 21.5. The lowest BCUT2D eigenvalue weighted by molar-refractivity contribution is 0.193. The zero-order chi connectivity index (χ0) is 10.1. The molecule has 3 nitrogen and oxygen atoms in total. The Kier molecular flexibility index (Phi) is 2.70. The molecule has 1 unspecified atom stereocenters. The van der Waals surface area contributed by atoms with Gasteiger partial charge in [0.15, 0.2) is 0 Å². The van der Waals surface area contributed by atoms with Crippen molar-refractivity contribution in [1.29, 1.82) is 0 Å². The van der Waals surface area contributed by atoms with Crippen LogP contribution in [0.3, 0.4) is 0 Å². The predicted octanol–water partition coefficient (Wildman–Crippen LogP) is 2.25. The van der Waals surface area contributed by atoms with Gasteiger partial charge < -0.3 is 4.74 Å². The summed E-state index contributed by atoms with van der Waals surface area (Å²) in [4.78, 5) is 8.73. The fraction of sp³-hybridized carbons (Fsp3) is 0.600. The number of hydrogen-bond acceptors (Lipinski definition) is 3. The first-order chi connectivity index (χ1) is 6.68. The summed E-state index contributed by atoms with van der Waals surface area (Å²) in [5, 5.41) is 0.569. The molecule has 0 N–H and O–H groups in total. The molecular weight excluding hydrogens is 200 g/mol. The van der Waals surface area contributed by atoms with Gasteiger partial charge in [0.2, 0.25) is 0 Å². The van der Waals surface area contributed by atoms with Crippen molar-refractivity contribution in [2.24, 2.45) is 0 Å². The molecule has 1 aromatic heterocycles. The van der Waals surface area contributed by atoms with E-state index in [1.54, 1.807) is 0 Å². The number of halogens is 1. The van der Waals surface area contributed by atoms with Crippen LogP contribution in [-0.2, 0) is 4.74 Å². The minimum absolute atomic E-state index is 0.326. The number of aromatic nitrogens is 2. The summed E-state index contributed by atoms with van der Waals surface area (Å²) in [6.45, 7) is 5.42. The lowest BCUT2D eigenvalue weighted by Crippen LogP contribution is -2.07. The largest absolute Gasteiger partial charge is 0.381 e. The third-order valence-electron chi connectivity index (χ3n) is 2.64. The van der Waals surface area contributed by atoms with Crippen molar-refractivity contribution in [3.8, 4) is 0 Å². The van der Waals surface area contributed by atoms with E-state index in [0.29, 0.717) is 11.1 Å². The summed E-state index contributed by atoms with van der Waals surface area (Å²) < 4.78 is 5.30. The first kappa shape index (κ1) is 9.87. The number of aryl methyl sites for hydroxylation is 1. The van der Waals surface area contributed by atoms with Crippen LogP contribution in [0.15, 0.2) is 0 Å². The van der Waals surface area contributed by atoms with Crippen molar-refractivity contribution in [2.45, 2.75) is 26.2 Å². The van der Waals surface area contributed by atoms with E-state index in [9.17, 15) is 0 Å². The third kappa shape index (κ3) is 1.74. The molecule has 2 heterocycles. The molecular formula is C10H13ClN2O. The molecule has 0 aliphatic carbocycles. The van der Waals surface area contributed by atoms with E-state index < -0.39 is 0 Å². The van der Waals surface area contributed by atoms with Crippen LogP contribution in [0.5, 0.6) is 0 Å². The van der Waals surface area contributed by atoms with Crippen molar-refractivity contribution in [1.82, 2.24) is 9.97 Å². The lowest BCUT2D eigenvalue weighted by atomic mass is 10.1. The Morgan fingerprint density at radius 1 is 1.36 bits per heavy atom. The van der Waals surface area contributed by atoms with Crippen LogP contribution in [0, 0.1) is 13.8 Å². The minimum Gasteiger partial charge on any atom is -0.381 e. The third-order valence-corrected chi connectivity index (χ3v) is 3.01. The second-order valence-electron chi connectivity index (χ2n) is 3.64. The Labute approximate surface area is 88.5 Å². The summed E-state index contributed by atoms with van der Waals surface area (Å²) in [6, 6.07) is 0. The number of nitrogens with zero attached hydrogens (tertiary/aromatic N) is 2. The molecule has 0 amide bonds. The van der Waals surface area contributed by atoms with Gasteiger partial charge in [-0.15, -0.1) is 0 Å². The van der Waals surface area contributed by atoms with Crippen molar-refractivity contribution in [3.63, 3.8) is 0 Å².